The number of hydrogen-bond donors (Lipinski definition) is 2. The highest BCUT2D eigenvalue weighted by molar-refractivity contribution is 9.10. The number of carbonyl (C=O) groups is 1. The summed E-state index contributed by atoms with van der Waals surface area (Å²) in [5, 5.41) is 12.4. The fourth-order valence-electron chi connectivity index (χ4n) is 1.13. The Bertz CT molecular complexity index is 314. The summed E-state index contributed by atoms with van der Waals surface area (Å²) in [6.45, 7) is 1.98. The molecule has 0 aliphatic heterocycles. The highest BCUT2D eigenvalue weighted by Gasteiger charge is 2.11. The topological polar surface area (TPSA) is 49.3 Å². The number of aliphatic hydroxyl groups is 1. The van der Waals surface area contributed by atoms with Crippen molar-refractivity contribution in [3.63, 3.8) is 0 Å². The van der Waals surface area contributed by atoms with Crippen LogP contribution in [0.25, 0.3) is 0 Å². The maximum atomic E-state index is 11.2. The van der Waals surface area contributed by atoms with Crippen LogP contribution < -0.4 is 5.32 Å². The number of carbonyl (C=O) groups excluding carboxylic acids is 1. The Morgan fingerprint density at radius 1 is 1.47 bits per heavy atom. The molecule has 3 nitrogen and oxygen atoms in total. The Labute approximate surface area is 97.6 Å². The van der Waals surface area contributed by atoms with E-state index in [1.807, 2.05) is 30.3 Å². The number of rotatable bonds is 4. The van der Waals surface area contributed by atoms with Crippen molar-refractivity contribution in [1.29, 1.82) is 0 Å². The fraction of sp³-hybridized carbons (Fsp3) is 0.364. The van der Waals surface area contributed by atoms with E-state index in [0.29, 0.717) is 0 Å². The van der Waals surface area contributed by atoms with Gasteiger partial charge < -0.3 is 10.4 Å². The molecule has 15 heavy (non-hydrogen) atoms. The number of halogens is 1. The van der Waals surface area contributed by atoms with Crippen LogP contribution >= 0.6 is 15.9 Å². The summed E-state index contributed by atoms with van der Waals surface area (Å²) >= 11 is 3.15. The molecule has 0 saturated heterocycles. The molecular formula is C11H14BrNO2. The van der Waals surface area contributed by atoms with Gasteiger partial charge in [-0.05, 0) is 12.5 Å². The highest BCUT2D eigenvalue weighted by Crippen LogP contribution is 2.10. The molecule has 0 aliphatic rings. The van der Waals surface area contributed by atoms with Crippen molar-refractivity contribution in [2.75, 3.05) is 6.54 Å². The first-order valence-electron chi connectivity index (χ1n) is 4.76. The lowest BCUT2D eigenvalue weighted by Gasteiger charge is -2.12. The van der Waals surface area contributed by atoms with Gasteiger partial charge in [0.1, 0.15) is 0 Å². The maximum Gasteiger partial charge on any atom is 0.233 e. The number of alkyl halides is 1. The molecule has 0 saturated carbocycles. The molecule has 1 amide bonds. The van der Waals surface area contributed by atoms with Crippen LogP contribution in [0, 0.1) is 0 Å². The van der Waals surface area contributed by atoms with Crippen molar-refractivity contribution >= 4 is 21.8 Å². The minimum absolute atomic E-state index is 0.120. The molecule has 0 aromatic heterocycles. The van der Waals surface area contributed by atoms with Crippen LogP contribution in [-0.4, -0.2) is 22.4 Å². The summed E-state index contributed by atoms with van der Waals surface area (Å²) in [5.41, 5.74) is 0.806. The van der Waals surface area contributed by atoms with E-state index in [1.54, 1.807) is 6.92 Å². The zero-order valence-corrected chi connectivity index (χ0v) is 10.1. The summed E-state index contributed by atoms with van der Waals surface area (Å²) in [7, 11) is 0. The Morgan fingerprint density at radius 2 is 2.07 bits per heavy atom. The summed E-state index contributed by atoms with van der Waals surface area (Å²) < 4.78 is 0. The molecule has 2 atom stereocenters. The molecule has 0 aliphatic carbocycles. The quantitative estimate of drug-likeness (QED) is 0.818. The summed E-state index contributed by atoms with van der Waals surface area (Å²) in [6.07, 6.45) is -0.651. The Morgan fingerprint density at radius 3 is 2.60 bits per heavy atom. The molecule has 2 N–H and O–H groups in total. The lowest BCUT2D eigenvalue weighted by atomic mass is 10.1. The Hall–Kier alpha value is -0.870. The molecular weight excluding hydrogens is 258 g/mol. The zero-order valence-electron chi connectivity index (χ0n) is 8.48. The third kappa shape index (κ3) is 4.01. The SMILES string of the molecule is CC(Br)C(=O)NCC(O)c1ccccc1. The van der Waals surface area contributed by atoms with Gasteiger partial charge in [0.25, 0.3) is 0 Å². The molecule has 0 spiro atoms. The van der Waals surface area contributed by atoms with Gasteiger partial charge in [-0.2, -0.15) is 0 Å². The predicted octanol–water partition coefficient (Wildman–Crippen LogP) is 1.62. The van der Waals surface area contributed by atoms with Crippen LogP contribution in [0.5, 0.6) is 0 Å². The van der Waals surface area contributed by atoms with Gasteiger partial charge in [0.2, 0.25) is 5.91 Å². The fourth-order valence-corrected chi connectivity index (χ4v) is 1.29. The minimum Gasteiger partial charge on any atom is -0.387 e. The zero-order chi connectivity index (χ0) is 11.3. The van der Waals surface area contributed by atoms with E-state index < -0.39 is 6.10 Å². The van der Waals surface area contributed by atoms with E-state index in [9.17, 15) is 9.90 Å². The van der Waals surface area contributed by atoms with Crippen LogP contribution in [0.15, 0.2) is 30.3 Å². The van der Waals surface area contributed by atoms with Gasteiger partial charge in [-0.15, -0.1) is 0 Å². The van der Waals surface area contributed by atoms with Crippen LogP contribution in [0.1, 0.15) is 18.6 Å². The van der Waals surface area contributed by atoms with Crippen molar-refractivity contribution in [2.45, 2.75) is 17.9 Å². The monoisotopic (exact) mass is 271 g/mol. The second-order valence-electron chi connectivity index (χ2n) is 3.29. The Kier molecular flexibility index (Phi) is 4.78. The summed E-state index contributed by atoms with van der Waals surface area (Å²) in [4.78, 5) is 11.0. The largest absolute Gasteiger partial charge is 0.387 e. The number of aliphatic hydroxyl groups excluding tert-OH is 1. The van der Waals surface area contributed by atoms with Gasteiger partial charge in [0, 0.05) is 6.54 Å². The third-order valence-electron chi connectivity index (χ3n) is 2.02. The van der Waals surface area contributed by atoms with Crippen molar-refractivity contribution in [2.24, 2.45) is 0 Å². The van der Waals surface area contributed by atoms with Crippen LogP contribution in [-0.2, 0) is 4.79 Å². The summed E-state index contributed by atoms with van der Waals surface area (Å²) in [5.74, 6) is -0.120. The molecule has 2 unspecified atom stereocenters. The number of hydrogen-bond acceptors (Lipinski definition) is 2. The third-order valence-corrected chi connectivity index (χ3v) is 2.43. The predicted molar refractivity (Wildman–Crippen MR) is 62.8 cm³/mol. The molecule has 0 radical (unpaired) electrons. The number of nitrogens with one attached hydrogen (secondary N) is 1. The average molecular weight is 272 g/mol. The van der Waals surface area contributed by atoms with Crippen molar-refractivity contribution in [3.8, 4) is 0 Å². The Balaban J connectivity index is 2.44. The van der Waals surface area contributed by atoms with E-state index in [4.69, 9.17) is 0 Å². The molecule has 82 valence electrons. The first-order valence-corrected chi connectivity index (χ1v) is 5.67. The molecule has 0 heterocycles. The maximum absolute atomic E-state index is 11.2. The van der Waals surface area contributed by atoms with Gasteiger partial charge in [0.15, 0.2) is 0 Å². The van der Waals surface area contributed by atoms with Crippen molar-refractivity contribution in [1.82, 2.24) is 5.32 Å². The van der Waals surface area contributed by atoms with Crippen LogP contribution in [0.2, 0.25) is 0 Å². The van der Waals surface area contributed by atoms with E-state index in [0.717, 1.165) is 5.56 Å². The van der Waals surface area contributed by atoms with Gasteiger partial charge >= 0.3 is 0 Å². The number of benzene rings is 1. The van der Waals surface area contributed by atoms with Gasteiger partial charge in [0.05, 0.1) is 10.9 Å². The first-order chi connectivity index (χ1) is 7.11. The molecule has 1 aromatic carbocycles. The summed E-state index contributed by atoms with van der Waals surface area (Å²) in [6, 6.07) is 9.25. The number of amides is 1. The van der Waals surface area contributed by atoms with E-state index in [1.165, 1.54) is 0 Å². The standard InChI is InChI=1S/C11H14BrNO2/c1-8(12)11(15)13-7-10(14)9-5-3-2-4-6-9/h2-6,8,10,14H,7H2,1H3,(H,13,15). The normalized spacial score (nSPS) is 14.3. The average Bonchev–Trinajstić information content (AvgIpc) is 2.26. The van der Waals surface area contributed by atoms with Crippen LogP contribution in [0.3, 0.4) is 0 Å². The molecule has 4 heteroatoms. The van der Waals surface area contributed by atoms with Crippen molar-refractivity contribution < 1.29 is 9.90 Å². The van der Waals surface area contributed by atoms with Gasteiger partial charge in [-0.1, -0.05) is 46.3 Å². The van der Waals surface area contributed by atoms with Crippen molar-refractivity contribution in [3.05, 3.63) is 35.9 Å². The van der Waals surface area contributed by atoms with Gasteiger partial charge in [-0.3, -0.25) is 4.79 Å². The van der Waals surface area contributed by atoms with E-state index in [2.05, 4.69) is 21.2 Å². The second kappa shape index (κ2) is 5.88. The lowest BCUT2D eigenvalue weighted by Crippen LogP contribution is -2.32. The second-order valence-corrected chi connectivity index (χ2v) is 4.66. The lowest BCUT2D eigenvalue weighted by molar-refractivity contribution is -0.120. The van der Waals surface area contributed by atoms with E-state index in [-0.39, 0.29) is 17.3 Å². The van der Waals surface area contributed by atoms with E-state index >= 15 is 0 Å². The molecule has 0 fully saturated rings. The first kappa shape index (κ1) is 12.2. The molecule has 0 bridgehead atoms. The smallest absolute Gasteiger partial charge is 0.233 e. The van der Waals surface area contributed by atoms with Gasteiger partial charge in [-0.25, -0.2) is 0 Å². The minimum atomic E-state index is -0.651. The molecule has 1 rings (SSSR count). The highest BCUT2D eigenvalue weighted by atomic mass is 79.9. The molecule has 1 aromatic rings. The van der Waals surface area contributed by atoms with Crippen LogP contribution in [0.4, 0.5) is 0 Å².